The van der Waals surface area contributed by atoms with Crippen molar-refractivity contribution in [3.8, 4) is 5.75 Å². The largest absolute Gasteiger partial charge is 0.573 e. The minimum absolute atomic E-state index is 0.000319. The molecule has 1 amide bonds. The lowest BCUT2D eigenvalue weighted by Gasteiger charge is -2.32. The maximum atomic E-state index is 13.9. The fourth-order valence-corrected chi connectivity index (χ4v) is 4.82. The Hall–Kier alpha value is -5.08. The molecule has 2 unspecified atom stereocenters. The number of hydrogen-bond acceptors (Lipinski definition) is 9. The number of halogens is 3. The zero-order valence-corrected chi connectivity index (χ0v) is 23.1. The van der Waals surface area contributed by atoms with Crippen LogP contribution in [0.5, 0.6) is 5.75 Å². The Bertz CT molecular complexity index is 1790. The number of aromatic nitrogens is 4. The highest BCUT2D eigenvalue weighted by atomic mass is 19.4. The first kappa shape index (κ1) is 30.4. The van der Waals surface area contributed by atoms with Gasteiger partial charge in [0.1, 0.15) is 29.5 Å². The van der Waals surface area contributed by atoms with E-state index in [0.29, 0.717) is 11.1 Å². The zero-order valence-electron chi connectivity index (χ0n) is 23.1. The standard InChI is InChI=1S/C30H26F3N5O6/c1-17(28-36-27-21(5-3-13-35-27)29(43)38(28)22-10-11-23(39)26(42)25(22)41)37(16-19-4-2-12-34-15-19)24(40)14-18-6-8-20(9-7-18)44-30(31,32)33/h2-13,15,17,25-26,39,41-42H,14,16H2,1H3/t17-,25?,26?/m1/s1. The molecule has 1 aromatic carbocycles. The summed E-state index contributed by atoms with van der Waals surface area (Å²) in [7, 11) is 0. The molecule has 0 aliphatic heterocycles. The highest BCUT2D eigenvalue weighted by molar-refractivity contribution is 5.80. The fourth-order valence-electron chi connectivity index (χ4n) is 4.82. The summed E-state index contributed by atoms with van der Waals surface area (Å²) in [6, 6.07) is 10.4. The second kappa shape index (κ2) is 12.3. The Labute approximate surface area is 247 Å². The van der Waals surface area contributed by atoms with Gasteiger partial charge >= 0.3 is 6.36 Å². The van der Waals surface area contributed by atoms with Crippen LogP contribution in [0, 0.1) is 0 Å². The van der Waals surface area contributed by atoms with E-state index in [2.05, 4.69) is 19.7 Å². The van der Waals surface area contributed by atoms with Crippen LogP contribution in [0.3, 0.4) is 0 Å². The lowest BCUT2D eigenvalue weighted by Crippen LogP contribution is -2.41. The van der Waals surface area contributed by atoms with Crippen LogP contribution in [-0.2, 0) is 17.8 Å². The van der Waals surface area contributed by atoms with Crippen LogP contribution < -0.4 is 10.3 Å². The zero-order chi connectivity index (χ0) is 31.6. The number of ether oxygens (including phenoxy) is 1. The lowest BCUT2D eigenvalue weighted by atomic mass is 10.0. The summed E-state index contributed by atoms with van der Waals surface area (Å²) in [6.07, 6.45) is -1.55. The predicted octanol–water partition coefficient (Wildman–Crippen LogP) is 3.44. The van der Waals surface area contributed by atoms with Crippen molar-refractivity contribution in [2.75, 3.05) is 0 Å². The maximum absolute atomic E-state index is 13.9. The van der Waals surface area contributed by atoms with Crippen molar-refractivity contribution < 1.29 is 38.0 Å². The van der Waals surface area contributed by atoms with E-state index in [0.717, 1.165) is 22.8 Å². The topological polar surface area (TPSA) is 151 Å². The number of aliphatic hydroxyl groups is 3. The first-order valence-electron chi connectivity index (χ1n) is 13.3. The number of carbonyl (C=O) groups is 1. The van der Waals surface area contributed by atoms with Crippen molar-refractivity contribution in [2.45, 2.75) is 44.5 Å². The van der Waals surface area contributed by atoms with Crippen molar-refractivity contribution in [2.24, 2.45) is 0 Å². The molecule has 11 nitrogen and oxygen atoms in total. The van der Waals surface area contributed by atoms with Crippen LogP contribution >= 0.6 is 0 Å². The lowest BCUT2D eigenvalue weighted by molar-refractivity contribution is -0.274. The van der Waals surface area contributed by atoms with E-state index in [4.69, 9.17) is 0 Å². The third-order valence-electron chi connectivity index (χ3n) is 7.01. The van der Waals surface area contributed by atoms with Gasteiger partial charge < -0.3 is 25.0 Å². The molecular weight excluding hydrogens is 583 g/mol. The van der Waals surface area contributed by atoms with Crippen LogP contribution in [0.2, 0.25) is 0 Å². The Morgan fingerprint density at radius 1 is 1.05 bits per heavy atom. The quantitative estimate of drug-likeness (QED) is 0.273. The Morgan fingerprint density at radius 2 is 1.77 bits per heavy atom. The molecule has 3 atom stereocenters. The highest BCUT2D eigenvalue weighted by Gasteiger charge is 2.34. The normalized spacial score (nSPS) is 17.5. The molecule has 44 heavy (non-hydrogen) atoms. The van der Waals surface area contributed by atoms with Crippen molar-refractivity contribution in [3.63, 3.8) is 0 Å². The second-order valence-electron chi connectivity index (χ2n) is 9.99. The second-order valence-corrected chi connectivity index (χ2v) is 9.99. The molecule has 14 heteroatoms. The van der Waals surface area contributed by atoms with Gasteiger partial charge in [-0.2, -0.15) is 0 Å². The third kappa shape index (κ3) is 6.45. The van der Waals surface area contributed by atoms with Gasteiger partial charge in [0.15, 0.2) is 5.65 Å². The summed E-state index contributed by atoms with van der Waals surface area (Å²) in [5.74, 6) is -1.41. The summed E-state index contributed by atoms with van der Waals surface area (Å²) in [4.78, 5) is 42.0. The summed E-state index contributed by atoms with van der Waals surface area (Å²) < 4.78 is 42.8. The van der Waals surface area contributed by atoms with Crippen LogP contribution in [0.25, 0.3) is 16.7 Å². The number of benzene rings is 1. The minimum atomic E-state index is -4.86. The van der Waals surface area contributed by atoms with Crippen molar-refractivity contribution >= 4 is 22.6 Å². The molecule has 0 saturated heterocycles. The molecule has 3 aromatic heterocycles. The van der Waals surface area contributed by atoms with E-state index in [1.807, 2.05) is 0 Å². The number of nitrogens with zero attached hydrogens (tertiary/aromatic N) is 5. The summed E-state index contributed by atoms with van der Waals surface area (Å²) in [5, 5.41) is 31.2. The Balaban J connectivity index is 1.58. The van der Waals surface area contributed by atoms with Crippen LogP contribution in [0.4, 0.5) is 13.2 Å². The average Bonchev–Trinajstić information content (AvgIpc) is 2.99. The van der Waals surface area contributed by atoms with Crippen molar-refractivity contribution in [3.05, 3.63) is 112 Å². The number of alkyl halides is 3. The molecule has 3 heterocycles. The van der Waals surface area contributed by atoms with Gasteiger partial charge in [0.2, 0.25) is 5.91 Å². The van der Waals surface area contributed by atoms with Gasteiger partial charge in [-0.1, -0.05) is 18.2 Å². The van der Waals surface area contributed by atoms with Crippen LogP contribution in [-0.4, -0.2) is 64.2 Å². The van der Waals surface area contributed by atoms with E-state index >= 15 is 0 Å². The third-order valence-corrected chi connectivity index (χ3v) is 7.01. The van der Waals surface area contributed by atoms with Gasteiger partial charge in [-0.05, 0) is 60.5 Å². The number of carbonyl (C=O) groups excluding carboxylic acids is 1. The molecular formula is C30H26F3N5O6. The summed E-state index contributed by atoms with van der Waals surface area (Å²) in [6.45, 7) is 1.62. The van der Waals surface area contributed by atoms with Crippen LogP contribution in [0.1, 0.15) is 29.9 Å². The molecule has 0 bridgehead atoms. The molecule has 0 saturated carbocycles. The summed E-state index contributed by atoms with van der Waals surface area (Å²) >= 11 is 0. The smallest absolute Gasteiger partial charge is 0.509 e. The highest BCUT2D eigenvalue weighted by Crippen LogP contribution is 2.29. The summed E-state index contributed by atoms with van der Waals surface area (Å²) in [5.41, 5.74) is 0.386. The molecule has 3 N–H and O–H groups in total. The van der Waals surface area contributed by atoms with E-state index < -0.39 is 47.6 Å². The van der Waals surface area contributed by atoms with Crippen molar-refractivity contribution in [1.82, 2.24) is 24.4 Å². The first-order valence-corrected chi connectivity index (χ1v) is 13.3. The molecule has 4 aromatic rings. The number of rotatable bonds is 8. The molecule has 1 aliphatic rings. The number of pyridine rings is 2. The number of allylic oxidation sites excluding steroid dienone is 2. The molecule has 0 spiro atoms. The Kier molecular flexibility index (Phi) is 8.47. The van der Waals surface area contributed by atoms with Gasteiger partial charge in [-0.15, -0.1) is 13.2 Å². The van der Waals surface area contributed by atoms with Gasteiger partial charge in [0.25, 0.3) is 5.56 Å². The molecule has 228 valence electrons. The first-order chi connectivity index (χ1) is 20.9. The number of aliphatic hydroxyl groups excluding tert-OH is 3. The van der Waals surface area contributed by atoms with Crippen molar-refractivity contribution in [1.29, 1.82) is 0 Å². The number of fused-ring (bicyclic) bond motifs is 1. The molecule has 0 fully saturated rings. The molecule has 5 rings (SSSR count). The predicted molar refractivity (Wildman–Crippen MR) is 151 cm³/mol. The fraction of sp³-hybridized carbons (Fsp3) is 0.233. The molecule has 1 aliphatic carbocycles. The molecule has 0 radical (unpaired) electrons. The maximum Gasteiger partial charge on any atom is 0.573 e. The minimum Gasteiger partial charge on any atom is -0.509 e. The monoisotopic (exact) mass is 609 g/mol. The van der Waals surface area contributed by atoms with E-state index in [9.17, 15) is 38.1 Å². The van der Waals surface area contributed by atoms with Gasteiger partial charge in [-0.25, -0.2) is 9.97 Å². The number of hydrogen-bond donors (Lipinski definition) is 3. The Morgan fingerprint density at radius 3 is 2.45 bits per heavy atom. The van der Waals surface area contributed by atoms with Crippen LogP contribution in [0.15, 0.2) is 89.8 Å². The van der Waals surface area contributed by atoms with Gasteiger partial charge in [0.05, 0.1) is 23.5 Å². The SMILES string of the molecule is C[C@H](c1nc2ncccc2c(=O)n1C1=CC=C(O)C(O)C1O)N(Cc1cccnc1)C(=O)Cc1ccc(OC(F)(F)F)cc1. The van der Waals surface area contributed by atoms with E-state index in [1.54, 1.807) is 31.5 Å². The van der Waals surface area contributed by atoms with Gasteiger partial charge in [0, 0.05) is 25.1 Å². The average molecular weight is 610 g/mol. The number of amides is 1. The van der Waals surface area contributed by atoms with Gasteiger partial charge in [-0.3, -0.25) is 19.1 Å². The van der Waals surface area contributed by atoms with E-state index in [1.165, 1.54) is 41.4 Å². The van der Waals surface area contributed by atoms with E-state index in [-0.39, 0.29) is 35.5 Å².